The third-order valence-corrected chi connectivity index (χ3v) is 3.27. The number of ether oxygens (including phenoxy) is 2. The molecule has 14 heavy (non-hydrogen) atoms. The highest BCUT2D eigenvalue weighted by Crippen LogP contribution is 2.39. The van der Waals surface area contributed by atoms with Crippen LogP contribution in [0.5, 0.6) is 0 Å². The van der Waals surface area contributed by atoms with Gasteiger partial charge in [-0.1, -0.05) is 0 Å². The number of rotatable bonds is 2. The van der Waals surface area contributed by atoms with Crippen molar-refractivity contribution in [3.05, 3.63) is 0 Å². The van der Waals surface area contributed by atoms with E-state index in [4.69, 9.17) is 9.47 Å². The van der Waals surface area contributed by atoms with Crippen molar-refractivity contribution >= 4 is 5.91 Å². The molecule has 2 fully saturated rings. The van der Waals surface area contributed by atoms with E-state index in [2.05, 4.69) is 5.32 Å². The second-order valence-electron chi connectivity index (χ2n) is 4.22. The monoisotopic (exact) mass is 199 g/mol. The number of methoxy groups -OCH3 is 1. The SMILES string of the molecule is COCC1CC2(CCOCC2)C(=O)N1. The second-order valence-corrected chi connectivity index (χ2v) is 4.22. The summed E-state index contributed by atoms with van der Waals surface area (Å²) in [4.78, 5) is 11.8. The largest absolute Gasteiger partial charge is 0.383 e. The molecule has 4 heteroatoms. The minimum absolute atomic E-state index is 0.151. The summed E-state index contributed by atoms with van der Waals surface area (Å²) in [7, 11) is 1.67. The van der Waals surface area contributed by atoms with Gasteiger partial charge in [0.1, 0.15) is 0 Å². The molecular formula is C10H17NO3. The van der Waals surface area contributed by atoms with Crippen LogP contribution in [0.3, 0.4) is 0 Å². The van der Waals surface area contributed by atoms with Crippen LogP contribution in [0.15, 0.2) is 0 Å². The summed E-state index contributed by atoms with van der Waals surface area (Å²) < 4.78 is 10.4. The first-order valence-corrected chi connectivity index (χ1v) is 5.14. The standard InChI is InChI=1S/C10H17NO3/c1-13-7-8-6-10(9(12)11-8)2-4-14-5-3-10/h8H,2-7H2,1H3,(H,11,12). The fourth-order valence-electron chi connectivity index (χ4n) is 2.45. The van der Waals surface area contributed by atoms with E-state index < -0.39 is 0 Å². The van der Waals surface area contributed by atoms with Gasteiger partial charge in [-0.15, -0.1) is 0 Å². The molecule has 0 aromatic carbocycles. The lowest BCUT2D eigenvalue weighted by Gasteiger charge is -2.30. The van der Waals surface area contributed by atoms with Crippen LogP contribution in [0.25, 0.3) is 0 Å². The van der Waals surface area contributed by atoms with E-state index in [0.29, 0.717) is 19.8 Å². The zero-order valence-corrected chi connectivity index (χ0v) is 8.54. The maximum atomic E-state index is 11.8. The molecular weight excluding hydrogens is 182 g/mol. The Balaban J connectivity index is 2.01. The molecule has 2 heterocycles. The van der Waals surface area contributed by atoms with Gasteiger partial charge in [0.25, 0.3) is 0 Å². The van der Waals surface area contributed by atoms with Crippen molar-refractivity contribution in [1.82, 2.24) is 5.32 Å². The molecule has 1 unspecified atom stereocenters. The molecule has 0 aromatic rings. The van der Waals surface area contributed by atoms with Crippen LogP contribution in [0.2, 0.25) is 0 Å². The molecule has 4 nitrogen and oxygen atoms in total. The summed E-state index contributed by atoms with van der Waals surface area (Å²) in [5, 5.41) is 3.00. The van der Waals surface area contributed by atoms with Gasteiger partial charge in [0.05, 0.1) is 18.1 Å². The highest BCUT2D eigenvalue weighted by molar-refractivity contribution is 5.85. The van der Waals surface area contributed by atoms with Gasteiger partial charge >= 0.3 is 0 Å². The van der Waals surface area contributed by atoms with Crippen molar-refractivity contribution in [2.75, 3.05) is 26.9 Å². The summed E-state index contributed by atoms with van der Waals surface area (Å²) in [6.45, 7) is 2.05. The minimum atomic E-state index is -0.151. The van der Waals surface area contributed by atoms with Crippen LogP contribution in [0.1, 0.15) is 19.3 Å². The Morgan fingerprint density at radius 1 is 1.57 bits per heavy atom. The third kappa shape index (κ3) is 1.64. The molecule has 1 atom stereocenters. The Bertz CT molecular complexity index is 223. The number of carbonyl (C=O) groups excluding carboxylic acids is 1. The van der Waals surface area contributed by atoms with Crippen LogP contribution in [0.4, 0.5) is 0 Å². The summed E-state index contributed by atoms with van der Waals surface area (Å²) >= 11 is 0. The van der Waals surface area contributed by atoms with Gasteiger partial charge in [-0.25, -0.2) is 0 Å². The molecule has 0 aliphatic carbocycles. The Labute approximate surface area is 84.0 Å². The van der Waals surface area contributed by atoms with Gasteiger partial charge < -0.3 is 14.8 Å². The van der Waals surface area contributed by atoms with Crippen molar-refractivity contribution in [3.8, 4) is 0 Å². The normalized spacial score (nSPS) is 30.6. The Hall–Kier alpha value is -0.610. The zero-order valence-electron chi connectivity index (χ0n) is 8.54. The van der Waals surface area contributed by atoms with Crippen LogP contribution in [0, 0.1) is 5.41 Å². The van der Waals surface area contributed by atoms with Crippen LogP contribution in [-0.2, 0) is 14.3 Å². The van der Waals surface area contributed by atoms with E-state index >= 15 is 0 Å². The number of hydrogen-bond donors (Lipinski definition) is 1. The molecule has 2 aliphatic rings. The van der Waals surface area contributed by atoms with E-state index in [0.717, 1.165) is 19.3 Å². The summed E-state index contributed by atoms with van der Waals surface area (Å²) in [5.41, 5.74) is -0.151. The van der Waals surface area contributed by atoms with Gasteiger partial charge in [-0.2, -0.15) is 0 Å². The molecule has 1 N–H and O–H groups in total. The summed E-state index contributed by atoms with van der Waals surface area (Å²) in [5.74, 6) is 0.197. The second kappa shape index (κ2) is 3.87. The van der Waals surface area contributed by atoms with Crippen LogP contribution < -0.4 is 5.32 Å². The number of nitrogens with one attached hydrogen (secondary N) is 1. The first kappa shape index (κ1) is 9.93. The maximum absolute atomic E-state index is 11.8. The Kier molecular flexibility index (Phi) is 2.74. The third-order valence-electron chi connectivity index (χ3n) is 3.27. The Morgan fingerprint density at radius 3 is 2.93 bits per heavy atom. The van der Waals surface area contributed by atoms with E-state index in [-0.39, 0.29) is 17.4 Å². The fourth-order valence-corrected chi connectivity index (χ4v) is 2.45. The summed E-state index contributed by atoms with van der Waals surface area (Å²) in [6, 6.07) is 0.200. The lowest BCUT2D eigenvalue weighted by molar-refractivity contribution is -0.132. The predicted octanol–water partition coefficient (Wildman–Crippen LogP) is 0.318. The van der Waals surface area contributed by atoms with Gasteiger partial charge in [0.15, 0.2) is 0 Å². The minimum Gasteiger partial charge on any atom is -0.383 e. The van der Waals surface area contributed by atoms with Gasteiger partial charge in [-0.05, 0) is 19.3 Å². The van der Waals surface area contributed by atoms with Gasteiger partial charge in [0.2, 0.25) is 5.91 Å². The van der Waals surface area contributed by atoms with Crippen molar-refractivity contribution in [2.45, 2.75) is 25.3 Å². The van der Waals surface area contributed by atoms with Crippen molar-refractivity contribution < 1.29 is 14.3 Å². The fraction of sp³-hybridized carbons (Fsp3) is 0.900. The molecule has 0 radical (unpaired) electrons. The smallest absolute Gasteiger partial charge is 0.226 e. The first-order valence-electron chi connectivity index (χ1n) is 5.14. The zero-order chi connectivity index (χ0) is 10.0. The Morgan fingerprint density at radius 2 is 2.29 bits per heavy atom. The predicted molar refractivity (Wildman–Crippen MR) is 50.9 cm³/mol. The number of amides is 1. The first-order chi connectivity index (χ1) is 6.77. The molecule has 0 aromatic heterocycles. The average Bonchev–Trinajstić information content (AvgIpc) is 2.45. The maximum Gasteiger partial charge on any atom is 0.226 e. The molecule has 0 bridgehead atoms. The number of hydrogen-bond acceptors (Lipinski definition) is 3. The topological polar surface area (TPSA) is 47.6 Å². The highest BCUT2D eigenvalue weighted by Gasteiger charge is 2.47. The average molecular weight is 199 g/mol. The van der Waals surface area contributed by atoms with E-state index in [1.54, 1.807) is 7.11 Å². The molecule has 1 spiro atoms. The highest BCUT2D eigenvalue weighted by atomic mass is 16.5. The molecule has 1 amide bonds. The quantitative estimate of drug-likeness (QED) is 0.696. The molecule has 2 rings (SSSR count). The van der Waals surface area contributed by atoms with Gasteiger partial charge in [0, 0.05) is 20.3 Å². The van der Waals surface area contributed by atoms with Crippen molar-refractivity contribution in [1.29, 1.82) is 0 Å². The van der Waals surface area contributed by atoms with Crippen LogP contribution in [-0.4, -0.2) is 38.9 Å². The lowest BCUT2D eigenvalue weighted by Crippen LogP contribution is -2.37. The molecule has 0 saturated carbocycles. The molecule has 80 valence electrons. The molecule has 2 aliphatic heterocycles. The van der Waals surface area contributed by atoms with E-state index in [9.17, 15) is 4.79 Å². The molecule has 2 saturated heterocycles. The van der Waals surface area contributed by atoms with Crippen molar-refractivity contribution in [3.63, 3.8) is 0 Å². The van der Waals surface area contributed by atoms with Crippen molar-refractivity contribution in [2.24, 2.45) is 5.41 Å². The van der Waals surface area contributed by atoms with Crippen LogP contribution >= 0.6 is 0 Å². The van der Waals surface area contributed by atoms with Gasteiger partial charge in [-0.3, -0.25) is 4.79 Å². The van der Waals surface area contributed by atoms with E-state index in [1.807, 2.05) is 0 Å². The number of carbonyl (C=O) groups is 1. The summed E-state index contributed by atoms with van der Waals surface area (Å²) in [6.07, 6.45) is 2.63. The van der Waals surface area contributed by atoms with E-state index in [1.165, 1.54) is 0 Å². The lowest BCUT2D eigenvalue weighted by atomic mass is 9.78.